The SMILES string of the molecule is COc1cccc(CNC(=O)C(=O)Nc2ccccc2C(F)(F)F)c1. The van der Waals surface area contributed by atoms with Gasteiger partial charge in [-0.25, -0.2) is 0 Å². The Kier molecular flexibility index (Phi) is 5.63. The summed E-state index contributed by atoms with van der Waals surface area (Å²) in [5.74, 6) is -1.64. The Morgan fingerprint density at radius 3 is 2.44 bits per heavy atom. The number of carbonyl (C=O) groups excluding carboxylic acids is 2. The zero-order valence-corrected chi connectivity index (χ0v) is 13.2. The standard InChI is InChI=1S/C17H15F3N2O3/c1-25-12-6-4-5-11(9-12)10-21-15(23)16(24)22-14-8-3-2-7-13(14)17(18,19)20/h2-9H,10H2,1H3,(H,21,23)(H,22,24). The molecular formula is C17H15F3N2O3. The number of hydrogen-bond acceptors (Lipinski definition) is 3. The highest BCUT2D eigenvalue weighted by Gasteiger charge is 2.34. The largest absolute Gasteiger partial charge is 0.497 e. The Morgan fingerprint density at radius 2 is 1.76 bits per heavy atom. The monoisotopic (exact) mass is 352 g/mol. The highest BCUT2D eigenvalue weighted by atomic mass is 19.4. The van der Waals surface area contributed by atoms with Gasteiger partial charge in [-0.2, -0.15) is 13.2 Å². The second kappa shape index (κ2) is 7.69. The summed E-state index contributed by atoms with van der Waals surface area (Å²) in [6, 6.07) is 11.2. The minimum Gasteiger partial charge on any atom is -0.497 e. The van der Waals surface area contributed by atoms with E-state index < -0.39 is 29.2 Å². The van der Waals surface area contributed by atoms with Gasteiger partial charge in [-0.05, 0) is 29.8 Å². The summed E-state index contributed by atoms with van der Waals surface area (Å²) in [6.45, 7) is 0.0321. The second-order valence-corrected chi connectivity index (χ2v) is 5.03. The Hall–Kier alpha value is -3.03. The minimum absolute atomic E-state index is 0.0321. The zero-order valence-electron chi connectivity index (χ0n) is 13.2. The van der Waals surface area contributed by atoms with E-state index in [1.165, 1.54) is 19.2 Å². The Morgan fingerprint density at radius 1 is 1.04 bits per heavy atom. The summed E-state index contributed by atoms with van der Waals surface area (Å²) in [4.78, 5) is 23.6. The number of benzene rings is 2. The van der Waals surface area contributed by atoms with Crippen LogP contribution in [0.4, 0.5) is 18.9 Å². The summed E-state index contributed by atoms with van der Waals surface area (Å²) in [5.41, 5.74) is -0.823. The van der Waals surface area contributed by atoms with E-state index in [0.29, 0.717) is 11.3 Å². The molecule has 0 aliphatic rings. The number of nitrogens with one attached hydrogen (secondary N) is 2. The maximum absolute atomic E-state index is 12.9. The fourth-order valence-corrected chi connectivity index (χ4v) is 2.06. The van der Waals surface area contributed by atoms with E-state index in [1.54, 1.807) is 24.3 Å². The lowest BCUT2D eigenvalue weighted by Gasteiger charge is -2.13. The van der Waals surface area contributed by atoms with Crippen molar-refractivity contribution < 1.29 is 27.5 Å². The Balaban J connectivity index is 2.00. The number of para-hydroxylation sites is 1. The van der Waals surface area contributed by atoms with Gasteiger partial charge in [-0.1, -0.05) is 24.3 Å². The van der Waals surface area contributed by atoms with Gasteiger partial charge in [0.05, 0.1) is 18.4 Å². The first-order valence-electron chi connectivity index (χ1n) is 7.19. The van der Waals surface area contributed by atoms with Crippen LogP contribution >= 0.6 is 0 Å². The van der Waals surface area contributed by atoms with Crippen molar-refractivity contribution in [3.63, 3.8) is 0 Å². The fraction of sp³-hybridized carbons (Fsp3) is 0.176. The summed E-state index contributed by atoms with van der Waals surface area (Å²) >= 11 is 0. The predicted octanol–water partition coefficient (Wildman–Crippen LogP) is 2.97. The van der Waals surface area contributed by atoms with Crippen molar-refractivity contribution >= 4 is 17.5 Å². The van der Waals surface area contributed by atoms with Crippen LogP contribution in [0, 0.1) is 0 Å². The van der Waals surface area contributed by atoms with Gasteiger partial charge in [0, 0.05) is 6.54 Å². The molecule has 2 rings (SSSR count). The number of anilines is 1. The molecule has 25 heavy (non-hydrogen) atoms. The van der Waals surface area contributed by atoms with Crippen molar-refractivity contribution in [2.75, 3.05) is 12.4 Å². The predicted molar refractivity (Wildman–Crippen MR) is 84.9 cm³/mol. The van der Waals surface area contributed by atoms with E-state index in [-0.39, 0.29) is 6.54 Å². The molecule has 0 bridgehead atoms. The molecule has 5 nitrogen and oxygen atoms in total. The van der Waals surface area contributed by atoms with Crippen molar-refractivity contribution in [2.45, 2.75) is 12.7 Å². The van der Waals surface area contributed by atoms with Crippen LogP contribution in [-0.2, 0) is 22.3 Å². The first-order chi connectivity index (χ1) is 11.8. The van der Waals surface area contributed by atoms with E-state index in [1.807, 2.05) is 5.32 Å². The molecule has 0 aliphatic carbocycles. The quantitative estimate of drug-likeness (QED) is 0.832. The topological polar surface area (TPSA) is 67.4 Å². The van der Waals surface area contributed by atoms with Crippen LogP contribution in [0.2, 0.25) is 0 Å². The van der Waals surface area contributed by atoms with Gasteiger partial charge in [-0.15, -0.1) is 0 Å². The molecule has 2 N–H and O–H groups in total. The molecule has 8 heteroatoms. The molecular weight excluding hydrogens is 337 g/mol. The van der Waals surface area contributed by atoms with Crippen LogP contribution in [-0.4, -0.2) is 18.9 Å². The highest BCUT2D eigenvalue weighted by Crippen LogP contribution is 2.34. The van der Waals surface area contributed by atoms with E-state index in [4.69, 9.17) is 4.74 Å². The average molecular weight is 352 g/mol. The molecule has 0 atom stereocenters. The molecule has 0 saturated heterocycles. The lowest BCUT2D eigenvalue weighted by Crippen LogP contribution is -2.35. The normalized spacial score (nSPS) is 10.9. The van der Waals surface area contributed by atoms with Crippen LogP contribution in [0.25, 0.3) is 0 Å². The fourth-order valence-electron chi connectivity index (χ4n) is 2.06. The number of rotatable bonds is 4. The van der Waals surface area contributed by atoms with E-state index in [9.17, 15) is 22.8 Å². The van der Waals surface area contributed by atoms with E-state index in [0.717, 1.165) is 12.1 Å². The first kappa shape index (κ1) is 18.3. The molecule has 0 radical (unpaired) electrons. The van der Waals surface area contributed by atoms with Gasteiger partial charge in [0.2, 0.25) is 0 Å². The lowest BCUT2D eigenvalue weighted by atomic mass is 10.1. The number of alkyl halides is 3. The molecule has 0 heterocycles. The number of halogens is 3. The Bertz CT molecular complexity index is 776. The molecule has 0 aliphatic heterocycles. The number of amides is 2. The second-order valence-electron chi connectivity index (χ2n) is 5.03. The first-order valence-corrected chi connectivity index (χ1v) is 7.19. The molecule has 2 amide bonds. The summed E-state index contributed by atoms with van der Waals surface area (Å²) in [7, 11) is 1.49. The van der Waals surface area contributed by atoms with Crippen LogP contribution < -0.4 is 15.4 Å². The number of hydrogen-bond donors (Lipinski definition) is 2. The van der Waals surface area contributed by atoms with Crippen LogP contribution in [0.1, 0.15) is 11.1 Å². The molecule has 2 aromatic carbocycles. The maximum Gasteiger partial charge on any atom is 0.418 e. The molecule has 0 fully saturated rings. The zero-order chi connectivity index (χ0) is 18.4. The van der Waals surface area contributed by atoms with Crippen LogP contribution in [0.5, 0.6) is 5.75 Å². The van der Waals surface area contributed by atoms with Gasteiger partial charge in [-0.3, -0.25) is 9.59 Å². The minimum atomic E-state index is -4.64. The average Bonchev–Trinajstić information content (AvgIpc) is 2.59. The summed E-state index contributed by atoms with van der Waals surface area (Å²) in [5, 5.41) is 4.32. The third kappa shape index (κ3) is 4.97. The smallest absolute Gasteiger partial charge is 0.418 e. The van der Waals surface area contributed by atoms with E-state index >= 15 is 0 Å². The molecule has 2 aromatic rings. The lowest BCUT2D eigenvalue weighted by molar-refractivity contribution is -0.138. The van der Waals surface area contributed by atoms with Gasteiger partial charge in [0.25, 0.3) is 0 Å². The Labute approximate surface area is 141 Å². The van der Waals surface area contributed by atoms with Crippen molar-refractivity contribution in [3.05, 3.63) is 59.7 Å². The maximum atomic E-state index is 12.9. The summed E-state index contributed by atoms with van der Waals surface area (Å²) < 4.78 is 43.7. The van der Waals surface area contributed by atoms with Crippen LogP contribution in [0.3, 0.4) is 0 Å². The molecule has 0 saturated carbocycles. The van der Waals surface area contributed by atoms with Gasteiger partial charge in [0.15, 0.2) is 0 Å². The van der Waals surface area contributed by atoms with Gasteiger partial charge < -0.3 is 15.4 Å². The molecule has 0 aromatic heterocycles. The van der Waals surface area contributed by atoms with Crippen molar-refractivity contribution in [1.29, 1.82) is 0 Å². The molecule has 0 spiro atoms. The molecule has 132 valence electrons. The third-order valence-corrected chi connectivity index (χ3v) is 3.27. The van der Waals surface area contributed by atoms with Crippen molar-refractivity contribution in [3.8, 4) is 5.75 Å². The molecule has 0 unspecified atom stereocenters. The number of methoxy groups -OCH3 is 1. The number of ether oxygens (including phenoxy) is 1. The van der Waals surface area contributed by atoms with Crippen LogP contribution in [0.15, 0.2) is 48.5 Å². The number of carbonyl (C=O) groups is 2. The van der Waals surface area contributed by atoms with E-state index in [2.05, 4.69) is 5.32 Å². The van der Waals surface area contributed by atoms with Crippen molar-refractivity contribution in [1.82, 2.24) is 5.32 Å². The highest BCUT2D eigenvalue weighted by molar-refractivity contribution is 6.39. The van der Waals surface area contributed by atoms with Crippen molar-refractivity contribution in [2.24, 2.45) is 0 Å². The van der Waals surface area contributed by atoms with Gasteiger partial charge >= 0.3 is 18.0 Å². The summed E-state index contributed by atoms with van der Waals surface area (Å²) in [6.07, 6.45) is -4.64. The third-order valence-electron chi connectivity index (χ3n) is 3.27. The van der Waals surface area contributed by atoms with Gasteiger partial charge in [0.1, 0.15) is 5.75 Å².